The van der Waals surface area contributed by atoms with Crippen molar-refractivity contribution < 1.29 is 9.90 Å². The predicted molar refractivity (Wildman–Crippen MR) is 136 cm³/mol. The lowest BCUT2D eigenvalue weighted by Crippen LogP contribution is -2.30. The largest absolute Gasteiger partial charge is 0.545 e. The smallest absolute Gasteiger partial charge is 0.109 e. The van der Waals surface area contributed by atoms with Crippen LogP contribution < -0.4 is 21.0 Å². The molecule has 2 nitrogen and oxygen atoms in total. The van der Waals surface area contributed by atoms with Crippen LogP contribution in [0, 0.1) is 20.8 Å². The molecule has 4 aromatic rings. The summed E-state index contributed by atoms with van der Waals surface area (Å²) in [7, 11) is -1.59. The van der Waals surface area contributed by atoms with Gasteiger partial charge in [0, 0.05) is 0 Å². The summed E-state index contributed by atoms with van der Waals surface area (Å²) >= 11 is 0. The number of carboxylic acid groups (broad SMARTS) is 1. The molecule has 0 saturated carbocycles. The monoisotopic (exact) mass is 440 g/mol. The number of aromatic carboxylic acids is 1. The van der Waals surface area contributed by atoms with Crippen LogP contribution in [0.5, 0.6) is 0 Å². The zero-order valence-corrected chi connectivity index (χ0v) is 20.0. The average molecular weight is 441 g/mol. The maximum absolute atomic E-state index is 10.1. The zero-order chi connectivity index (χ0) is 23.1. The first-order valence-electron chi connectivity index (χ1n) is 10.7. The number of carbonyl (C=O) groups is 1. The highest BCUT2D eigenvalue weighted by molar-refractivity contribution is 7.95. The van der Waals surface area contributed by atoms with Crippen molar-refractivity contribution in [3.8, 4) is 0 Å². The summed E-state index contributed by atoms with van der Waals surface area (Å²) in [6.45, 7) is 8.89. The molecule has 0 heterocycles. The van der Waals surface area contributed by atoms with Gasteiger partial charge in [-0.05, 0) is 62.7 Å². The number of rotatable bonds is 4. The highest BCUT2D eigenvalue weighted by Gasteiger charge is 2.39. The lowest BCUT2D eigenvalue weighted by molar-refractivity contribution is -0.255. The van der Waals surface area contributed by atoms with Gasteiger partial charge in [0.05, 0.1) is 12.6 Å². The van der Waals surface area contributed by atoms with E-state index >= 15 is 0 Å². The third kappa shape index (κ3) is 5.52. The second-order valence-electron chi connectivity index (χ2n) is 8.17. The number of aryl methyl sites for hydroxylation is 3. The lowest BCUT2D eigenvalue weighted by atomic mass is 10.2. The molecule has 0 aliphatic heterocycles. The summed E-state index contributed by atoms with van der Waals surface area (Å²) in [6.07, 6.45) is 0. The fraction of sp³-hybridized carbons (Fsp3) is 0.138. The Hall–Kier alpha value is -3.22. The molecular formula is C29H29O2P. The predicted octanol–water partition coefficient (Wildman–Crippen LogP) is 4.59. The van der Waals surface area contributed by atoms with Gasteiger partial charge in [-0.1, -0.05) is 83.4 Å². The normalized spacial score (nSPS) is 10.8. The molecule has 0 spiro atoms. The third-order valence-electron chi connectivity index (χ3n) is 5.66. The Labute approximate surface area is 191 Å². The molecule has 0 saturated heterocycles. The first-order chi connectivity index (χ1) is 15.3. The minimum atomic E-state index is -1.59. The summed E-state index contributed by atoms with van der Waals surface area (Å²) in [4.78, 5) is 10.1. The highest BCUT2D eigenvalue weighted by Crippen LogP contribution is 2.51. The summed E-state index contributed by atoms with van der Waals surface area (Å²) in [5.74, 6) is -1.13. The van der Waals surface area contributed by atoms with Crippen molar-refractivity contribution in [3.63, 3.8) is 0 Å². The Morgan fingerprint density at radius 1 is 0.562 bits per heavy atom. The van der Waals surface area contributed by atoms with E-state index < -0.39 is 13.2 Å². The molecule has 0 radical (unpaired) electrons. The van der Waals surface area contributed by atoms with E-state index in [0.29, 0.717) is 0 Å². The minimum Gasteiger partial charge on any atom is -0.545 e. The van der Waals surface area contributed by atoms with Crippen LogP contribution in [0.2, 0.25) is 0 Å². The van der Waals surface area contributed by atoms with Crippen molar-refractivity contribution in [3.05, 3.63) is 125 Å². The van der Waals surface area contributed by atoms with Gasteiger partial charge in [-0.25, -0.2) is 0 Å². The molecule has 0 atom stereocenters. The second-order valence-corrected chi connectivity index (χ2v) is 11.7. The summed E-state index contributed by atoms with van der Waals surface area (Å²) < 4.78 is 0. The number of carbonyl (C=O) groups excluding carboxylic acids is 1. The Balaban J connectivity index is 0.000000269. The van der Waals surface area contributed by atoms with Gasteiger partial charge in [-0.2, -0.15) is 0 Å². The van der Waals surface area contributed by atoms with Crippen molar-refractivity contribution in [1.82, 2.24) is 0 Å². The van der Waals surface area contributed by atoms with E-state index in [1.165, 1.54) is 44.7 Å². The molecule has 0 fully saturated rings. The van der Waals surface area contributed by atoms with Gasteiger partial charge in [0.15, 0.2) is 0 Å². The van der Waals surface area contributed by atoms with E-state index in [1.807, 2.05) is 0 Å². The molecule has 0 amide bonds. The van der Waals surface area contributed by atoms with Crippen LogP contribution in [-0.2, 0) is 0 Å². The van der Waals surface area contributed by atoms with E-state index in [2.05, 4.69) is 100 Å². The van der Waals surface area contributed by atoms with Gasteiger partial charge < -0.3 is 9.90 Å². The maximum Gasteiger partial charge on any atom is 0.109 e. The van der Waals surface area contributed by atoms with Crippen molar-refractivity contribution in [2.45, 2.75) is 20.8 Å². The van der Waals surface area contributed by atoms with Gasteiger partial charge in [-0.15, -0.1) is 0 Å². The molecule has 0 aromatic heterocycles. The molecule has 162 valence electrons. The molecule has 4 aromatic carbocycles. The summed E-state index contributed by atoms with van der Waals surface area (Å²) in [5.41, 5.74) is 4.16. The van der Waals surface area contributed by atoms with E-state index in [9.17, 15) is 9.90 Å². The van der Waals surface area contributed by atoms with Crippen LogP contribution in [0.25, 0.3) is 0 Å². The molecule has 0 N–H and O–H groups in total. The average Bonchev–Trinajstić information content (AvgIpc) is 2.81. The number of hydrogen-bond acceptors (Lipinski definition) is 2. The van der Waals surface area contributed by atoms with Crippen LogP contribution in [-0.4, -0.2) is 12.6 Å². The lowest BCUT2D eigenvalue weighted by Gasteiger charge is -2.23. The van der Waals surface area contributed by atoms with E-state index in [0.717, 1.165) is 0 Å². The molecule has 0 bridgehead atoms. The van der Waals surface area contributed by atoms with Gasteiger partial charge in [-0.3, -0.25) is 0 Å². The van der Waals surface area contributed by atoms with Crippen molar-refractivity contribution in [2.75, 3.05) is 6.66 Å². The SMILES string of the molecule is Cc1ccc([P+](C)(c2ccc(C)cc2)c2ccc(C)cc2)cc1.O=C([O-])c1ccccc1. The summed E-state index contributed by atoms with van der Waals surface area (Å²) in [5, 5.41) is 14.4. The van der Waals surface area contributed by atoms with Crippen LogP contribution in [0.3, 0.4) is 0 Å². The Kier molecular flexibility index (Phi) is 7.62. The van der Waals surface area contributed by atoms with Crippen LogP contribution in [0.1, 0.15) is 27.0 Å². The molecular weight excluding hydrogens is 411 g/mol. The fourth-order valence-corrected chi connectivity index (χ4v) is 6.68. The number of benzene rings is 4. The maximum atomic E-state index is 10.1. The van der Waals surface area contributed by atoms with Gasteiger partial charge in [0.2, 0.25) is 0 Å². The van der Waals surface area contributed by atoms with Gasteiger partial charge in [0.25, 0.3) is 0 Å². The zero-order valence-electron chi connectivity index (χ0n) is 19.1. The van der Waals surface area contributed by atoms with Crippen LogP contribution in [0.4, 0.5) is 0 Å². The quantitative estimate of drug-likeness (QED) is 0.436. The molecule has 0 unspecified atom stereocenters. The van der Waals surface area contributed by atoms with E-state index in [-0.39, 0.29) is 5.56 Å². The van der Waals surface area contributed by atoms with E-state index in [4.69, 9.17) is 0 Å². The number of carboxylic acids is 1. The van der Waals surface area contributed by atoms with Crippen LogP contribution >= 0.6 is 7.26 Å². The Bertz CT molecular complexity index is 1040. The molecule has 0 aliphatic carbocycles. The fourth-order valence-electron chi connectivity index (χ4n) is 3.55. The van der Waals surface area contributed by atoms with Gasteiger partial charge >= 0.3 is 0 Å². The topological polar surface area (TPSA) is 40.1 Å². The van der Waals surface area contributed by atoms with Crippen molar-refractivity contribution in [1.29, 1.82) is 0 Å². The van der Waals surface area contributed by atoms with Crippen molar-refractivity contribution >= 4 is 29.1 Å². The molecule has 0 aliphatic rings. The molecule has 4 rings (SSSR count). The van der Waals surface area contributed by atoms with Crippen molar-refractivity contribution in [2.24, 2.45) is 0 Å². The highest BCUT2D eigenvalue weighted by atomic mass is 31.2. The molecule has 3 heteroatoms. The second kappa shape index (κ2) is 10.4. The summed E-state index contributed by atoms with van der Waals surface area (Å²) in [6, 6.07) is 35.3. The van der Waals surface area contributed by atoms with Crippen LogP contribution in [0.15, 0.2) is 103 Å². The standard InChI is InChI=1S/C22H24P.C7H6O2/c1-17-5-11-20(12-6-17)23(4,21-13-7-18(2)8-14-21)22-15-9-19(3)10-16-22;8-7(9)6-4-2-1-3-5-6/h5-16H,1-4H3;1-5H,(H,8,9)/q+1;/p-1. The first kappa shape index (κ1) is 23.4. The molecule has 32 heavy (non-hydrogen) atoms. The number of hydrogen-bond donors (Lipinski definition) is 0. The Morgan fingerprint density at radius 2 is 0.875 bits per heavy atom. The third-order valence-corrected chi connectivity index (χ3v) is 9.65. The minimum absolute atomic E-state index is 0.220. The van der Waals surface area contributed by atoms with Gasteiger partial charge in [0.1, 0.15) is 23.2 Å². The van der Waals surface area contributed by atoms with E-state index in [1.54, 1.807) is 18.2 Å². The first-order valence-corrected chi connectivity index (χ1v) is 12.9. The Morgan fingerprint density at radius 3 is 1.12 bits per heavy atom.